The van der Waals surface area contributed by atoms with Crippen molar-refractivity contribution in [3.8, 4) is 0 Å². The third-order valence-corrected chi connectivity index (χ3v) is 5.97. The SMILES string of the molecule is Cc1ccccc1C(C)NS(=O)(=O)c1cccc2scnc12. The van der Waals surface area contributed by atoms with Gasteiger partial charge in [0.15, 0.2) is 0 Å². The molecular formula is C16H16N2O2S2. The minimum absolute atomic E-state index is 0.228. The largest absolute Gasteiger partial charge is 0.243 e. The molecule has 6 heteroatoms. The Hall–Kier alpha value is -1.76. The van der Waals surface area contributed by atoms with Crippen LogP contribution in [0.2, 0.25) is 0 Å². The van der Waals surface area contributed by atoms with Gasteiger partial charge >= 0.3 is 0 Å². The number of rotatable bonds is 4. The Morgan fingerprint density at radius 3 is 2.68 bits per heavy atom. The Balaban J connectivity index is 1.97. The molecule has 0 saturated heterocycles. The van der Waals surface area contributed by atoms with Gasteiger partial charge in [0, 0.05) is 6.04 Å². The zero-order valence-corrected chi connectivity index (χ0v) is 13.9. The van der Waals surface area contributed by atoms with E-state index in [2.05, 4.69) is 9.71 Å². The van der Waals surface area contributed by atoms with E-state index in [0.29, 0.717) is 5.52 Å². The molecule has 0 radical (unpaired) electrons. The molecule has 0 amide bonds. The van der Waals surface area contributed by atoms with Crippen molar-refractivity contribution < 1.29 is 8.42 Å². The molecular weight excluding hydrogens is 316 g/mol. The van der Waals surface area contributed by atoms with Crippen molar-refractivity contribution in [2.24, 2.45) is 0 Å². The maximum absolute atomic E-state index is 12.7. The molecule has 4 nitrogen and oxygen atoms in total. The fourth-order valence-corrected chi connectivity index (χ4v) is 4.67. The lowest BCUT2D eigenvalue weighted by atomic mass is 10.0. The van der Waals surface area contributed by atoms with Crippen molar-refractivity contribution >= 4 is 31.6 Å². The number of aryl methyl sites for hydroxylation is 1. The van der Waals surface area contributed by atoms with Crippen LogP contribution in [-0.2, 0) is 10.0 Å². The monoisotopic (exact) mass is 332 g/mol. The number of fused-ring (bicyclic) bond motifs is 1. The topological polar surface area (TPSA) is 59.1 Å². The van der Waals surface area contributed by atoms with Crippen LogP contribution >= 0.6 is 11.3 Å². The highest BCUT2D eigenvalue weighted by molar-refractivity contribution is 7.89. The molecule has 114 valence electrons. The smallest absolute Gasteiger partial charge is 0.243 e. The van der Waals surface area contributed by atoms with Crippen LogP contribution in [0.4, 0.5) is 0 Å². The Labute approximate surface area is 133 Å². The van der Waals surface area contributed by atoms with Gasteiger partial charge in [-0.25, -0.2) is 18.1 Å². The number of thiazole rings is 1. The van der Waals surface area contributed by atoms with E-state index in [1.165, 1.54) is 11.3 Å². The molecule has 1 heterocycles. The van der Waals surface area contributed by atoms with E-state index in [4.69, 9.17) is 0 Å². The van der Waals surface area contributed by atoms with Crippen LogP contribution in [0.3, 0.4) is 0 Å². The van der Waals surface area contributed by atoms with Gasteiger partial charge in [0.1, 0.15) is 10.4 Å². The summed E-state index contributed by atoms with van der Waals surface area (Å²) in [7, 11) is -3.63. The summed E-state index contributed by atoms with van der Waals surface area (Å²) >= 11 is 1.43. The summed E-state index contributed by atoms with van der Waals surface area (Å²) < 4.78 is 29.0. The summed E-state index contributed by atoms with van der Waals surface area (Å²) in [4.78, 5) is 4.41. The predicted octanol–water partition coefficient (Wildman–Crippen LogP) is 3.64. The van der Waals surface area contributed by atoms with Crippen LogP contribution in [0.15, 0.2) is 52.9 Å². The average Bonchev–Trinajstić information content (AvgIpc) is 2.95. The van der Waals surface area contributed by atoms with Crippen LogP contribution in [0.25, 0.3) is 10.2 Å². The maximum atomic E-state index is 12.7. The van der Waals surface area contributed by atoms with E-state index in [9.17, 15) is 8.42 Å². The molecule has 0 saturated carbocycles. The van der Waals surface area contributed by atoms with Crippen LogP contribution in [0.1, 0.15) is 24.1 Å². The molecule has 1 atom stereocenters. The lowest BCUT2D eigenvalue weighted by molar-refractivity contribution is 0.567. The van der Waals surface area contributed by atoms with Gasteiger partial charge in [-0.15, -0.1) is 11.3 Å². The summed E-state index contributed by atoms with van der Waals surface area (Å²) in [5.74, 6) is 0. The molecule has 2 aromatic carbocycles. The highest BCUT2D eigenvalue weighted by Gasteiger charge is 2.22. The minimum atomic E-state index is -3.63. The fourth-order valence-electron chi connectivity index (χ4n) is 2.51. The van der Waals surface area contributed by atoms with Gasteiger partial charge in [0.2, 0.25) is 10.0 Å². The first kappa shape index (κ1) is 15.1. The van der Waals surface area contributed by atoms with Crippen LogP contribution < -0.4 is 4.72 Å². The standard InChI is InChI=1S/C16H16N2O2S2/c1-11-6-3-4-7-13(11)12(2)18-22(19,20)15-9-5-8-14-16(15)17-10-21-14/h3-10,12,18H,1-2H3. The van der Waals surface area contributed by atoms with Crippen molar-refractivity contribution in [1.29, 1.82) is 0 Å². The van der Waals surface area contributed by atoms with E-state index >= 15 is 0 Å². The second-order valence-electron chi connectivity index (χ2n) is 5.15. The normalized spacial score (nSPS) is 13.4. The molecule has 1 aromatic heterocycles. The molecule has 0 aliphatic heterocycles. The van der Waals surface area contributed by atoms with Crippen LogP contribution in [0, 0.1) is 6.92 Å². The van der Waals surface area contributed by atoms with Gasteiger partial charge in [-0.05, 0) is 37.1 Å². The summed E-state index contributed by atoms with van der Waals surface area (Å²) in [6.45, 7) is 3.82. The molecule has 0 aliphatic rings. The predicted molar refractivity (Wildman–Crippen MR) is 89.5 cm³/mol. The van der Waals surface area contributed by atoms with Gasteiger partial charge in [0.05, 0.1) is 10.2 Å². The summed E-state index contributed by atoms with van der Waals surface area (Å²) in [6, 6.07) is 12.7. The number of sulfonamides is 1. The molecule has 3 rings (SSSR count). The number of hydrogen-bond donors (Lipinski definition) is 1. The molecule has 0 aliphatic carbocycles. The maximum Gasteiger partial charge on any atom is 0.243 e. The Morgan fingerprint density at radius 2 is 1.91 bits per heavy atom. The van der Waals surface area contributed by atoms with Gasteiger partial charge < -0.3 is 0 Å². The fraction of sp³-hybridized carbons (Fsp3) is 0.188. The summed E-state index contributed by atoms with van der Waals surface area (Å²) in [6.07, 6.45) is 0. The zero-order valence-electron chi connectivity index (χ0n) is 12.3. The number of nitrogens with one attached hydrogen (secondary N) is 1. The second-order valence-corrected chi connectivity index (χ2v) is 7.72. The minimum Gasteiger partial charge on any atom is -0.243 e. The lowest BCUT2D eigenvalue weighted by Gasteiger charge is -2.17. The molecule has 0 bridgehead atoms. The van der Waals surface area contributed by atoms with E-state index in [1.807, 2.05) is 44.2 Å². The number of para-hydroxylation sites is 1. The second kappa shape index (κ2) is 5.79. The Morgan fingerprint density at radius 1 is 1.14 bits per heavy atom. The van der Waals surface area contributed by atoms with Crippen molar-refractivity contribution in [3.05, 3.63) is 59.1 Å². The zero-order chi connectivity index (χ0) is 15.7. The Bertz CT molecular complexity index is 917. The van der Waals surface area contributed by atoms with Crippen molar-refractivity contribution in [1.82, 2.24) is 9.71 Å². The first-order chi connectivity index (χ1) is 10.5. The van der Waals surface area contributed by atoms with E-state index in [1.54, 1.807) is 17.6 Å². The number of hydrogen-bond acceptors (Lipinski definition) is 4. The lowest BCUT2D eigenvalue weighted by Crippen LogP contribution is -2.27. The third-order valence-electron chi connectivity index (χ3n) is 3.60. The van der Waals surface area contributed by atoms with Gasteiger partial charge in [-0.2, -0.15) is 0 Å². The number of nitrogens with zero attached hydrogens (tertiary/aromatic N) is 1. The third kappa shape index (κ3) is 2.77. The van der Waals surface area contributed by atoms with Gasteiger partial charge in [-0.1, -0.05) is 30.3 Å². The van der Waals surface area contributed by atoms with Gasteiger partial charge in [-0.3, -0.25) is 0 Å². The quantitative estimate of drug-likeness (QED) is 0.793. The Kier molecular flexibility index (Phi) is 3.99. The molecule has 22 heavy (non-hydrogen) atoms. The van der Waals surface area contributed by atoms with Crippen molar-refractivity contribution in [3.63, 3.8) is 0 Å². The molecule has 1 N–H and O–H groups in total. The molecule has 1 unspecified atom stereocenters. The molecule has 0 fully saturated rings. The first-order valence-electron chi connectivity index (χ1n) is 6.89. The van der Waals surface area contributed by atoms with E-state index in [-0.39, 0.29) is 10.9 Å². The number of benzene rings is 2. The average molecular weight is 332 g/mol. The van der Waals surface area contributed by atoms with E-state index in [0.717, 1.165) is 15.8 Å². The highest BCUT2D eigenvalue weighted by Crippen LogP contribution is 2.26. The van der Waals surface area contributed by atoms with Crippen LogP contribution in [-0.4, -0.2) is 13.4 Å². The summed E-state index contributed by atoms with van der Waals surface area (Å²) in [5, 5.41) is 0. The molecule has 3 aromatic rings. The van der Waals surface area contributed by atoms with E-state index < -0.39 is 10.0 Å². The molecule has 0 spiro atoms. The van der Waals surface area contributed by atoms with Crippen molar-refractivity contribution in [2.45, 2.75) is 24.8 Å². The van der Waals surface area contributed by atoms with Gasteiger partial charge in [0.25, 0.3) is 0 Å². The highest BCUT2D eigenvalue weighted by atomic mass is 32.2. The first-order valence-corrected chi connectivity index (χ1v) is 9.25. The number of aromatic nitrogens is 1. The van der Waals surface area contributed by atoms with Crippen LogP contribution in [0.5, 0.6) is 0 Å². The summed E-state index contributed by atoms with van der Waals surface area (Å²) in [5.41, 5.74) is 4.21. The van der Waals surface area contributed by atoms with Crippen molar-refractivity contribution in [2.75, 3.05) is 0 Å².